The van der Waals surface area contributed by atoms with Crippen LogP contribution in [-0.4, -0.2) is 11.5 Å². The summed E-state index contributed by atoms with van der Waals surface area (Å²) in [5.74, 6) is 0. The summed E-state index contributed by atoms with van der Waals surface area (Å²) in [5, 5.41) is 5.35. The van der Waals surface area contributed by atoms with E-state index in [2.05, 4.69) is 10.3 Å². The fourth-order valence-electron chi connectivity index (χ4n) is 1.62. The van der Waals surface area contributed by atoms with E-state index in [1.54, 1.807) is 0 Å². The summed E-state index contributed by atoms with van der Waals surface area (Å²) < 4.78 is 38.7. The number of aromatic nitrogens is 1. The van der Waals surface area contributed by atoms with Crippen molar-refractivity contribution in [2.45, 2.75) is 26.1 Å². The summed E-state index contributed by atoms with van der Waals surface area (Å²) in [4.78, 5) is 5.06. The number of halogens is 3. The molecule has 2 aromatic rings. The zero-order valence-corrected chi connectivity index (χ0v) is 11.9. The lowest BCUT2D eigenvalue weighted by Crippen LogP contribution is -2.15. The van der Waals surface area contributed by atoms with Gasteiger partial charge in [0.1, 0.15) is 0 Å². The lowest BCUT2D eigenvalue weighted by atomic mass is 10.3. The molecule has 2 nitrogen and oxygen atoms in total. The first kappa shape index (κ1) is 14.5. The van der Waals surface area contributed by atoms with Crippen LogP contribution in [0.15, 0.2) is 17.5 Å². The monoisotopic (exact) mass is 306 g/mol. The number of hydrogen-bond donors (Lipinski definition) is 1. The Kier molecular flexibility index (Phi) is 4.59. The summed E-state index contributed by atoms with van der Waals surface area (Å²) in [7, 11) is 0. The molecule has 0 unspecified atom stereocenters. The van der Waals surface area contributed by atoms with E-state index in [-0.39, 0.29) is 11.4 Å². The van der Waals surface area contributed by atoms with E-state index in [9.17, 15) is 13.2 Å². The lowest BCUT2D eigenvalue weighted by Gasteiger charge is -2.05. The Morgan fingerprint density at radius 1 is 1.37 bits per heavy atom. The van der Waals surface area contributed by atoms with Gasteiger partial charge in [0.25, 0.3) is 0 Å². The minimum atomic E-state index is -4.38. The van der Waals surface area contributed by atoms with Gasteiger partial charge in [0, 0.05) is 17.8 Å². The third-order valence-electron chi connectivity index (χ3n) is 2.45. The standard InChI is InChI=1S/C12H13F3N2S2/c1-2-16-7-9-11(12(13,14)15)17-10(19-9)6-8-4-3-5-18-8/h3-5,16H,2,6-7H2,1H3. The molecule has 0 fully saturated rings. The van der Waals surface area contributed by atoms with Gasteiger partial charge in [-0.2, -0.15) is 13.2 Å². The zero-order chi connectivity index (χ0) is 13.9. The summed E-state index contributed by atoms with van der Waals surface area (Å²) in [6.07, 6.45) is -3.91. The van der Waals surface area contributed by atoms with Crippen molar-refractivity contribution in [3.05, 3.63) is 38.0 Å². The van der Waals surface area contributed by atoms with Gasteiger partial charge >= 0.3 is 6.18 Å². The molecule has 0 atom stereocenters. The third-order valence-corrected chi connectivity index (χ3v) is 4.38. The van der Waals surface area contributed by atoms with E-state index in [1.165, 1.54) is 11.3 Å². The van der Waals surface area contributed by atoms with Crippen molar-refractivity contribution in [2.75, 3.05) is 6.54 Å². The molecule has 1 N–H and O–H groups in total. The normalized spacial score (nSPS) is 12.0. The minimum absolute atomic E-state index is 0.216. The van der Waals surface area contributed by atoms with Crippen molar-refractivity contribution < 1.29 is 13.2 Å². The molecule has 0 saturated carbocycles. The molecular weight excluding hydrogens is 293 g/mol. The molecule has 0 spiro atoms. The molecule has 0 radical (unpaired) electrons. The number of rotatable bonds is 5. The van der Waals surface area contributed by atoms with E-state index in [0.29, 0.717) is 18.0 Å². The molecule has 0 aliphatic heterocycles. The van der Waals surface area contributed by atoms with Gasteiger partial charge in [-0.05, 0) is 18.0 Å². The van der Waals surface area contributed by atoms with Gasteiger partial charge in [0.15, 0.2) is 5.69 Å². The number of nitrogens with zero attached hydrogens (tertiary/aromatic N) is 1. The lowest BCUT2D eigenvalue weighted by molar-refractivity contribution is -0.141. The third kappa shape index (κ3) is 3.77. The smallest absolute Gasteiger partial charge is 0.312 e. The number of nitrogens with one attached hydrogen (secondary N) is 1. The quantitative estimate of drug-likeness (QED) is 0.905. The second-order valence-corrected chi connectivity index (χ2v) is 6.11. The van der Waals surface area contributed by atoms with Crippen LogP contribution in [-0.2, 0) is 19.1 Å². The first-order chi connectivity index (χ1) is 9.00. The Labute approximate surface area is 117 Å². The highest BCUT2D eigenvalue weighted by atomic mass is 32.1. The Balaban J connectivity index is 2.23. The molecule has 2 heterocycles. The SMILES string of the molecule is CCNCc1sc(Cc2cccs2)nc1C(F)(F)F. The van der Waals surface area contributed by atoms with Crippen molar-refractivity contribution in [3.63, 3.8) is 0 Å². The van der Waals surface area contributed by atoms with Crippen LogP contribution < -0.4 is 5.32 Å². The van der Waals surface area contributed by atoms with Gasteiger partial charge in [-0.1, -0.05) is 13.0 Å². The van der Waals surface area contributed by atoms with Gasteiger partial charge in [-0.15, -0.1) is 22.7 Å². The maximum atomic E-state index is 12.9. The van der Waals surface area contributed by atoms with Gasteiger partial charge < -0.3 is 5.32 Å². The highest BCUT2D eigenvalue weighted by molar-refractivity contribution is 7.12. The van der Waals surface area contributed by atoms with Gasteiger partial charge in [-0.25, -0.2) is 4.98 Å². The fraction of sp³-hybridized carbons (Fsp3) is 0.417. The second kappa shape index (κ2) is 6.02. The predicted molar refractivity (Wildman–Crippen MR) is 71.6 cm³/mol. The van der Waals surface area contributed by atoms with Crippen LogP contribution in [0.3, 0.4) is 0 Å². The molecule has 2 rings (SSSR count). The Morgan fingerprint density at radius 2 is 2.16 bits per heavy atom. The number of hydrogen-bond acceptors (Lipinski definition) is 4. The van der Waals surface area contributed by atoms with Crippen molar-refractivity contribution in [1.82, 2.24) is 10.3 Å². The Hall–Kier alpha value is -0.920. The molecule has 0 aliphatic carbocycles. The van der Waals surface area contributed by atoms with E-state index >= 15 is 0 Å². The highest BCUT2D eigenvalue weighted by Gasteiger charge is 2.37. The molecule has 0 amide bonds. The van der Waals surface area contributed by atoms with Crippen LogP contribution in [0.4, 0.5) is 13.2 Å². The maximum absolute atomic E-state index is 12.9. The summed E-state index contributed by atoms with van der Waals surface area (Å²) in [6, 6.07) is 3.79. The molecule has 2 aromatic heterocycles. The number of alkyl halides is 3. The van der Waals surface area contributed by atoms with Crippen molar-refractivity contribution >= 4 is 22.7 Å². The summed E-state index contributed by atoms with van der Waals surface area (Å²) in [6.45, 7) is 2.71. The van der Waals surface area contributed by atoms with Gasteiger partial charge in [0.05, 0.1) is 9.88 Å². The second-order valence-electron chi connectivity index (χ2n) is 3.91. The average Bonchev–Trinajstić information content (AvgIpc) is 2.95. The van der Waals surface area contributed by atoms with Crippen LogP contribution in [0.1, 0.15) is 27.4 Å². The van der Waals surface area contributed by atoms with Crippen LogP contribution in [0, 0.1) is 0 Å². The fourth-order valence-corrected chi connectivity index (χ4v) is 3.50. The van der Waals surface area contributed by atoms with Crippen LogP contribution >= 0.6 is 22.7 Å². The minimum Gasteiger partial charge on any atom is -0.312 e. The van der Waals surface area contributed by atoms with Gasteiger partial charge in [0.2, 0.25) is 0 Å². The van der Waals surface area contributed by atoms with E-state index < -0.39 is 11.9 Å². The van der Waals surface area contributed by atoms with Gasteiger partial charge in [-0.3, -0.25) is 0 Å². The van der Waals surface area contributed by atoms with E-state index in [0.717, 1.165) is 16.2 Å². The average molecular weight is 306 g/mol. The molecule has 0 bridgehead atoms. The van der Waals surface area contributed by atoms with Crippen LogP contribution in [0.5, 0.6) is 0 Å². The molecule has 0 saturated heterocycles. The Morgan fingerprint density at radius 3 is 2.74 bits per heavy atom. The van der Waals surface area contributed by atoms with Crippen LogP contribution in [0.2, 0.25) is 0 Å². The molecule has 104 valence electrons. The molecule has 19 heavy (non-hydrogen) atoms. The molecule has 7 heteroatoms. The van der Waals surface area contributed by atoms with E-state index in [4.69, 9.17) is 0 Å². The first-order valence-electron chi connectivity index (χ1n) is 5.79. The van der Waals surface area contributed by atoms with Crippen molar-refractivity contribution in [2.24, 2.45) is 0 Å². The summed E-state index contributed by atoms with van der Waals surface area (Å²) in [5.41, 5.74) is -0.745. The molecular formula is C12H13F3N2S2. The number of thiophene rings is 1. The highest BCUT2D eigenvalue weighted by Crippen LogP contribution is 2.35. The van der Waals surface area contributed by atoms with E-state index in [1.807, 2.05) is 24.4 Å². The summed E-state index contributed by atoms with van der Waals surface area (Å²) >= 11 is 2.67. The Bertz CT molecular complexity index is 518. The molecule has 0 aromatic carbocycles. The maximum Gasteiger partial charge on any atom is 0.434 e. The predicted octanol–water partition coefficient (Wildman–Crippen LogP) is 3.92. The number of thiazole rings is 1. The first-order valence-corrected chi connectivity index (χ1v) is 7.49. The zero-order valence-electron chi connectivity index (χ0n) is 10.3. The van der Waals surface area contributed by atoms with Crippen molar-refractivity contribution in [1.29, 1.82) is 0 Å². The largest absolute Gasteiger partial charge is 0.434 e. The molecule has 0 aliphatic rings. The topological polar surface area (TPSA) is 24.9 Å². The van der Waals surface area contributed by atoms with Crippen molar-refractivity contribution in [3.8, 4) is 0 Å². The van der Waals surface area contributed by atoms with Crippen LogP contribution in [0.25, 0.3) is 0 Å².